The monoisotopic (exact) mass is 543 g/mol. The van der Waals surface area contributed by atoms with Gasteiger partial charge >= 0.3 is 6.03 Å². The second kappa shape index (κ2) is 15.5. The molecule has 0 bridgehead atoms. The molecule has 2 N–H and O–H groups in total. The van der Waals surface area contributed by atoms with Gasteiger partial charge in [-0.2, -0.15) is 0 Å². The van der Waals surface area contributed by atoms with Crippen molar-refractivity contribution in [2.45, 2.75) is 70.4 Å². The molecule has 1 aliphatic rings. The quantitative estimate of drug-likeness (QED) is 0.288. The number of amides is 2. The number of carbonyl (C=O) groups excluding carboxylic acids is 1. The second-order valence-electron chi connectivity index (χ2n) is 10.8. The van der Waals surface area contributed by atoms with Gasteiger partial charge < -0.3 is 25.0 Å². The molecule has 0 aromatic heterocycles. The molecule has 2 atom stereocenters. The molecule has 2 aromatic carbocycles. The third-order valence-corrected chi connectivity index (χ3v) is 7.67. The summed E-state index contributed by atoms with van der Waals surface area (Å²) < 4.78 is 12.2. The molecule has 0 spiro atoms. The molecule has 0 unspecified atom stereocenters. The molecule has 6 nitrogen and oxygen atoms in total. The summed E-state index contributed by atoms with van der Waals surface area (Å²) in [4.78, 5) is 15.2. The summed E-state index contributed by atoms with van der Waals surface area (Å²) in [5, 5.41) is 7.19. The third-order valence-electron chi connectivity index (χ3n) is 7.34. The molecule has 38 heavy (non-hydrogen) atoms. The average molecular weight is 544 g/mol. The van der Waals surface area contributed by atoms with E-state index in [0.717, 1.165) is 79.8 Å². The maximum absolute atomic E-state index is 13.4. The van der Waals surface area contributed by atoms with Gasteiger partial charge in [-0.25, -0.2) is 4.79 Å². The summed E-state index contributed by atoms with van der Waals surface area (Å²) in [6, 6.07) is 16.4. The number of nitrogens with zero attached hydrogens (tertiary/aromatic N) is 1. The lowest BCUT2D eigenvalue weighted by molar-refractivity contribution is -0.109. The Hall–Kier alpha value is -2.12. The van der Waals surface area contributed by atoms with E-state index in [4.69, 9.17) is 21.1 Å². The number of methoxy groups -OCH3 is 1. The zero-order chi connectivity index (χ0) is 27.4. The Morgan fingerprint density at radius 1 is 1.11 bits per heavy atom. The fraction of sp³-hybridized carbons (Fsp3) is 0.581. The van der Waals surface area contributed by atoms with E-state index in [2.05, 4.69) is 54.8 Å². The number of benzene rings is 2. The summed E-state index contributed by atoms with van der Waals surface area (Å²) >= 11 is 6.67. The van der Waals surface area contributed by atoms with Crippen LogP contribution in [0.1, 0.15) is 64.4 Å². The molecular formula is C31H46ClN3O3. The molecule has 1 heterocycles. The topological polar surface area (TPSA) is 62.8 Å². The normalized spacial score (nSPS) is 19.2. The smallest absolute Gasteiger partial charge is 0.319 e. The van der Waals surface area contributed by atoms with E-state index in [1.807, 2.05) is 30.1 Å². The first-order chi connectivity index (χ1) is 18.4. The second-order valence-corrected chi connectivity index (χ2v) is 11.2. The number of likely N-dealkylation sites (N-methyl/N-ethyl adjacent to an activating group) is 1. The lowest BCUT2D eigenvalue weighted by atomic mass is 9.79. The van der Waals surface area contributed by atoms with Crippen LogP contribution in [0.5, 0.6) is 0 Å². The fourth-order valence-corrected chi connectivity index (χ4v) is 5.72. The first-order valence-corrected chi connectivity index (χ1v) is 14.5. The molecule has 2 aromatic rings. The van der Waals surface area contributed by atoms with Crippen LogP contribution in [-0.2, 0) is 15.1 Å². The minimum atomic E-state index is -0.523. The summed E-state index contributed by atoms with van der Waals surface area (Å²) in [6.45, 7) is 6.77. The number of halogens is 1. The van der Waals surface area contributed by atoms with Crippen LogP contribution >= 0.6 is 11.6 Å². The van der Waals surface area contributed by atoms with Gasteiger partial charge in [-0.15, -0.1) is 0 Å². The van der Waals surface area contributed by atoms with Crippen molar-refractivity contribution in [3.05, 3.63) is 59.1 Å². The largest absolute Gasteiger partial charge is 0.385 e. The maximum Gasteiger partial charge on any atom is 0.319 e. The predicted molar refractivity (Wildman–Crippen MR) is 157 cm³/mol. The van der Waals surface area contributed by atoms with Gasteiger partial charge in [0.15, 0.2) is 0 Å². The van der Waals surface area contributed by atoms with Crippen LogP contribution in [0.2, 0.25) is 5.02 Å². The molecule has 7 heteroatoms. The maximum atomic E-state index is 13.4. The number of unbranched alkanes of at least 4 members (excludes halogenated alkanes) is 1. The SMILES string of the molecule is CNC[C@H](CC(C)C)NC(=O)N1CCCC[C@](CCCCOC)(c2ccccc2-c2ccccc2Cl)OC1. The highest BCUT2D eigenvalue weighted by Gasteiger charge is 2.37. The summed E-state index contributed by atoms with van der Waals surface area (Å²) in [6.07, 6.45) is 6.50. The fourth-order valence-electron chi connectivity index (χ4n) is 5.48. The molecule has 1 saturated heterocycles. The standard InChI is InChI=1S/C31H46ClN3O3/c1-24(2)21-25(22-33-3)34-30(36)35-19-11-9-17-31(38-23-35,18-10-12-20-37-4)28-15-7-5-13-26(28)27-14-6-8-16-29(27)32/h5-8,13-16,24-25,33H,9-12,17-23H2,1-4H3,(H,34,36)/t25-,31-/m0/s1. The Morgan fingerprint density at radius 3 is 2.55 bits per heavy atom. The van der Waals surface area contributed by atoms with Crippen molar-refractivity contribution in [3.63, 3.8) is 0 Å². The van der Waals surface area contributed by atoms with Crippen LogP contribution in [0.25, 0.3) is 11.1 Å². The predicted octanol–water partition coefficient (Wildman–Crippen LogP) is 6.82. The lowest BCUT2D eigenvalue weighted by Gasteiger charge is -2.40. The Balaban J connectivity index is 1.90. The van der Waals surface area contributed by atoms with Crippen molar-refractivity contribution >= 4 is 17.6 Å². The van der Waals surface area contributed by atoms with Gasteiger partial charge in [0.05, 0.1) is 5.60 Å². The molecule has 0 saturated carbocycles. The molecule has 0 radical (unpaired) electrons. The number of carbonyl (C=O) groups is 1. The summed E-state index contributed by atoms with van der Waals surface area (Å²) in [7, 11) is 3.67. The number of hydrogen-bond acceptors (Lipinski definition) is 4. The van der Waals surface area contributed by atoms with Crippen LogP contribution in [0.3, 0.4) is 0 Å². The van der Waals surface area contributed by atoms with E-state index in [-0.39, 0.29) is 18.8 Å². The number of nitrogens with one attached hydrogen (secondary N) is 2. The highest BCUT2D eigenvalue weighted by Crippen LogP contribution is 2.44. The third kappa shape index (κ3) is 8.44. The number of hydrogen-bond donors (Lipinski definition) is 2. The van der Waals surface area contributed by atoms with E-state index < -0.39 is 5.60 Å². The van der Waals surface area contributed by atoms with Crippen LogP contribution in [0.15, 0.2) is 48.5 Å². The first kappa shape index (κ1) is 30.4. The Morgan fingerprint density at radius 2 is 1.84 bits per heavy atom. The van der Waals surface area contributed by atoms with Crippen LogP contribution in [0, 0.1) is 5.92 Å². The molecular weight excluding hydrogens is 498 g/mol. The molecule has 210 valence electrons. The van der Waals surface area contributed by atoms with Gasteiger partial charge in [-0.1, -0.05) is 67.9 Å². The van der Waals surface area contributed by atoms with Crippen LogP contribution < -0.4 is 10.6 Å². The average Bonchev–Trinajstić information content (AvgIpc) is 2.88. The molecule has 3 rings (SSSR count). The van der Waals surface area contributed by atoms with Crippen molar-refractivity contribution in [1.82, 2.24) is 15.5 Å². The number of urea groups is 1. The van der Waals surface area contributed by atoms with Crippen molar-refractivity contribution in [2.75, 3.05) is 40.6 Å². The van der Waals surface area contributed by atoms with E-state index in [1.54, 1.807) is 7.11 Å². The van der Waals surface area contributed by atoms with E-state index >= 15 is 0 Å². The van der Waals surface area contributed by atoms with Crippen LogP contribution in [-0.4, -0.2) is 57.6 Å². The van der Waals surface area contributed by atoms with E-state index in [1.165, 1.54) is 0 Å². The van der Waals surface area contributed by atoms with Gasteiger partial charge in [0, 0.05) is 43.4 Å². The van der Waals surface area contributed by atoms with Gasteiger partial charge in [-0.05, 0) is 75.1 Å². The molecule has 1 aliphatic heterocycles. The minimum Gasteiger partial charge on any atom is -0.385 e. The molecule has 2 amide bonds. The van der Waals surface area contributed by atoms with E-state index in [9.17, 15) is 4.79 Å². The first-order valence-electron chi connectivity index (χ1n) is 14.1. The summed E-state index contributed by atoms with van der Waals surface area (Å²) in [5.74, 6) is 0.498. The number of rotatable bonds is 12. The number of ether oxygens (including phenoxy) is 2. The Labute approximate surface area is 234 Å². The zero-order valence-electron chi connectivity index (χ0n) is 23.6. The summed E-state index contributed by atoms with van der Waals surface area (Å²) in [5.41, 5.74) is 2.71. The lowest BCUT2D eigenvalue weighted by Crippen LogP contribution is -2.51. The Bertz CT molecular complexity index is 1000. The highest BCUT2D eigenvalue weighted by molar-refractivity contribution is 6.33. The van der Waals surface area contributed by atoms with Crippen molar-refractivity contribution in [1.29, 1.82) is 0 Å². The van der Waals surface area contributed by atoms with Crippen molar-refractivity contribution < 1.29 is 14.3 Å². The van der Waals surface area contributed by atoms with Gasteiger partial charge in [0.25, 0.3) is 0 Å². The van der Waals surface area contributed by atoms with Gasteiger partial charge in [0.1, 0.15) is 6.73 Å². The molecule has 1 fully saturated rings. The van der Waals surface area contributed by atoms with E-state index in [0.29, 0.717) is 12.5 Å². The molecule has 0 aliphatic carbocycles. The Kier molecular flexibility index (Phi) is 12.4. The van der Waals surface area contributed by atoms with Crippen molar-refractivity contribution in [2.24, 2.45) is 5.92 Å². The van der Waals surface area contributed by atoms with Crippen LogP contribution in [0.4, 0.5) is 4.79 Å². The minimum absolute atomic E-state index is 0.0551. The van der Waals surface area contributed by atoms with Crippen molar-refractivity contribution in [3.8, 4) is 11.1 Å². The van der Waals surface area contributed by atoms with Gasteiger partial charge in [-0.3, -0.25) is 0 Å². The highest BCUT2D eigenvalue weighted by atomic mass is 35.5. The zero-order valence-corrected chi connectivity index (χ0v) is 24.4. The van der Waals surface area contributed by atoms with Gasteiger partial charge in [0.2, 0.25) is 0 Å².